The number of hydrogen-bond acceptors (Lipinski definition) is 4. The molecule has 19 heavy (non-hydrogen) atoms. The average Bonchev–Trinajstić information content (AvgIpc) is 3.13. The van der Waals surface area contributed by atoms with Crippen molar-refractivity contribution < 1.29 is 4.74 Å². The maximum Gasteiger partial charge on any atom is 0.138 e. The Balaban J connectivity index is 1.72. The van der Waals surface area contributed by atoms with Crippen molar-refractivity contribution in [2.24, 2.45) is 0 Å². The molecule has 1 unspecified atom stereocenters. The number of thiophene rings is 1. The van der Waals surface area contributed by atoms with Crippen LogP contribution in [0, 0.1) is 0 Å². The summed E-state index contributed by atoms with van der Waals surface area (Å²) in [6, 6.07) is 6.70. The fraction of sp³-hybridized carbons (Fsp3) is 0.400. The van der Waals surface area contributed by atoms with Gasteiger partial charge in [-0.25, -0.2) is 0 Å². The van der Waals surface area contributed by atoms with E-state index < -0.39 is 0 Å². The zero-order valence-electron chi connectivity index (χ0n) is 11.0. The highest BCUT2D eigenvalue weighted by molar-refractivity contribution is 7.13. The summed E-state index contributed by atoms with van der Waals surface area (Å²) >= 11 is 1.72. The molecule has 3 nitrogen and oxygen atoms in total. The Hall–Kier alpha value is -1.39. The van der Waals surface area contributed by atoms with Gasteiger partial charge in [0, 0.05) is 22.7 Å². The van der Waals surface area contributed by atoms with Crippen LogP contribution in [0.3, 0.4) is 0 Å². The van der Waals surface area contributed by atoms with Crippen molar-refractivity contribution in [3.8, 4) is 16.2 Å². The second-order valence-electron chi connectivity index (χ2n) is 4.91. The molecule has 1 fully saturated rings. The summed E-state index contributed by atoms with van der Waals surface area (Å²) in [6.45, 7) is 3.23. The van der Waals surface area contributed by atoms with Crippen LogP contribution in [0.5, 0.6) is 5.75 Å². The standard InChI is InChI=1S/C15H18N2OS/c1-11(14-4-2-6-17-14)18-13-8-12(9-16-10-13)15-5-3-7-19-15/h3,5,7-11,14,17H,2,4,6H2,1H3/t11?,14-/m0/s1. The van der Waals surface area contributed by atoms with Crippen LogP contribution in [0.25, 0.3) is 10.4 Å². The third-order valence-corrected chi connectivity index (χ3v) is 4.42. The molecule has 0 aromatic carbocycles. The molecule has 0 bridgehead atoms. The normalized spacial score (nSPS) is 20.4. The Morgan fingerprint density at radius 1 is 1.47 bits per heavy atom. The van der Waals surface area contributed by atoms with Crippen molar-refractivity contribution in [1.29, 1.82) is 0 Å². The van der Waals surface area contributed by atoms with Crippen molar-refractivity contribution >= 4 is 11.3 Å². The lowest BCUT2D eigenvalue weighted by molar-refractivity contribution is 0.179. The molecule has 2 aromatic heterocycles. The van der Waals surface area contributed by atoms with Crippen molar-refractivity contribution in [3.05, 3.63) is 36.0 Å². The zero-order chi connectivity index (χ0) is 13.1. The maximum absolute atomic E-state index is 6.02. The molecule has 1 saturated heterocycles. The molecule has 0 saturated carbocycles. The Bertz CT molecular complexity index is 521. The summed E-state index contributed by atoms with van der Waals surface area (Å²) in [6.07, 6.45) is 6.30. The van der Waals surface area contributed by atoms with E-state index in [-0.39, 0.29) is 6.10 Å². The van der Waals surface area contributed by atoms with Gasteiger partial charge in [-0.3, -0.25) is 4.98 Å². The number of hydrogen-bond donors (Lipinski definition) is 1. The van der Waals surface area contributed by atoms with Gasteiger partial charge >= 0.3 is 0 Å². The Kier molecular flexibility index (Phi) is 3.80. The smallest absolute Gasteiger partial charge is 0.138 e. The molecule has 1 aliphatic heterocycles. The minimum Gasteiger partial charge on any atom is -0.487 e. The topological polar surface area (TPSA) is 34.1 Å². The molecule has 2 atom stereocenters. The highest BCUT2D eigenvalue weighted by atomic mass is 32.1. The largest absolute Gasteiger partial charge is 0.487 e. The predicted molar refractivity (Wildman–Crippen MR) is 78.7 cm³/mol. The Labute approximate surface area is 117 Å². The number of aromatic nitrogens is 1. The summed E-state index contributed by atoms with van der Waals surface area (Å²) in [5, 5.41) is 5.55. The molecule has 2 aromatic rings. The summed E-state index contributed by atoms with van der Waals surface area (Å²) < 4.78 is 6.02. The van der Waals surface area contributed by atoms with Crippen LogP contribution in [0.2, 0.25) is 0 Å². The molecular weight excluding hydrogens is 256 g/mol. The summed E-state index contributed by atoms with van der Waals surface area (Å²) in [5.74, 6) is 0.854. The van der Waals surface area contributed by atoms with Gasteiger partial charge in [0.15, 0.2) is 0 Å². The third kappa shape index (κ3) is 2.96. The second kappa shape index (κ2) is 5.72. The van der Waals surface area contributed by atoms with Gasteiger partial charge in [0.05, 0.1) is 6.20 Å². The number of nitrogens with one attached hydrogen (secondary N) is 1. The van der Waals surface area contributed by atoms with Gasteiger partial charge < -0.3 is 10.1 Å². The molecule has 3 heterocycles. The van der Waals surface area contributed by atoms with Crippen LogP contribution in [-0.2, 0) is 0 Å². The van der Waals surface area contributed by atoms with Gasteiger partial charge in [-0.05, 0) is 43.8 Å². The van der Waals surface area contributed by atoms with Crippen molar-refractivity contribution in [1.82, 2.24) is 10.3 Å². The minimum absolute atomic E-state index is 0.183. The van der Waals surface area contributed by atoms with Gasteiger partial charge in [0.1, 0.15) is 11.9 Å². The lowest BCUT2D eigenvalue weighted by Gasteiger charge is -2.21. The van der Waals surface area contributed by atoms with Crippen molar-refractivity contribution in [2.45, 2.75) is 31.9 Å². The molecule has 0 amide bonds. The van der Waals surface area contributed by atoms with Crippen LogP contribution >= 0.6 is 11.3 Å². The summed E-state index contributed by atoms with van der Waals surface area (Å²) in [5.41, 5.74) is 1.12. The first-order valence-electron chi connectivity index (χ1n) is 6.72. The zero-order valence-corrected chi connectivity index (χ0v) is 11.8. The number of nitrogens with zero attached hydrogens (tertiary/aromatic N) is 1. The van der Waals surface area contributed by atoms with E-state index in [1.807, 2.05) is 6.20 Å². The third-order valence-electron chi connectivity index (χ3n) is 3.51. The lowest BCUT2D eigenvalue weighted by atomic mass is 10.1. The van der Waals surface area contributed by atoms with Gasteiger partial charge in [-0.15, -0.1) is 11.3 Å². The first-order valence-corrected chi connectivity index (χ1v) is 7.60. The lowest BCUT2D eigenvalue weighted by Crippen LogP contribution is -2.36. The first kappa shape index (κ1) is 12.6. The molecule has 3 rings (SSSR count). The predicted octanol–water partition coefficient (Wildman–Crippen LogP) is 3.33. The van der Waals surface area contributed by atoms with E-state index in [9.17, 15) is 0 Å². The molecule has 1 N–H and O–H groups in total. The van der Waals surface area contributed by atoms with Crippen LogP contribution < -0.4 is 10.1 Å². The van der Waals surface area contributed by atoms with E-state index in [0.717, 1.165) is 17.9 Å². The van der Waals surface area contributed by atoms with Crippen molar-refractivity contribution in [3.63, 3.8) is 0 Å². The number of pyridine rings is 1. The Morgan fingerprint density at radius 2 is 2.42 bits per heavy atom. The summed E-state index contributed by atoms with van der Waals surface area (Å²) in [7, 11) is 0. The van der Waals surface area contributed by atoms with E-state index >= 15 is 0 Å². The monoisotopic (exact) mass is 274 g/mol. The van der Waals surface area contributed by atoms with E-state index in [1.54, 1.807) is 17.5 Å². The number of rotatable bonds is 4. The van der Waals surface area contributed by atoms with Gasteiger partial charge in [0.2, 0.25) is 0 Å². The quantitative estimate of drug-likeness (QED) is 0.928. The molecule has 100 valence electrons. The number of ether oxygens (including phenoxy) is 1. The van der Waals surface area contributed by atoms with Crippen LogP contribution in [0.15, 0.2) is 36.0 Å². The van der Waals surface area contributed by atoms with Crippen LogP contribution in [0.1, 0.15) is 19.8 Å². The molecule has 1 aliphatic rings. The molecule has 0 aliphatic carbocycles. The summed E-state index contributed by atoms with van der Waals surface area (Å²) in [4.78, 5) is 5.51. The average molecular weight is 274 g/mol. The SMILES string of the molecule is CC(Oc1cncc(-c2cccs2)c1)[C@@H]1CCCN1. The highest BCUT2D eigenvalue weighted by Crippen LogP contribution is 2.27. The van der Waals surface area contributed by atoms with Gasteiger partial charge in [-0.1, -0.05) is 6.07 Å². The van der Waals surface area contributed by atoms with E-state index in [2.05, 4.69) is 40.8 Å². The van der Waals surface area contributed by atoms with Crippen LogP contribution in [0.4, 0.5) is 0 Å². The fourth-order valence-electron chi connectivity index (χ4n) is 2.47. The van der Waals surface area contributed by atoms with E-state index in [0.29, 0.717) is 6.04 Å². The fourth-order valence-corrected chi connectivity index (χ4v) is 3.18. The molecule has 0 radical (unpaired) electrons. The molecular formula is C15H18N2OS. The molecule has 0 spiro atoms. The highest BCUT2D eigenvalue weighted by Gasteiger charge is 2.22. The Morgan fingerprint density at radius 3 is 3.16 bits per heavy atom. The van der Waals surface area contributed by atoms with E-state index in [1.165, 1.54) is 17.7 Å². The minimum atomic E-state index is 0.183. The first-order chi connectivity index (χ1) is 9.33. The van der Waals surface area contributed by atoms with Crippen molar-refractivity contribution in [2.75, 3.05) is 6.54 Å². The van der Waals surface area contributed by atoms with Crippen LogP contribution in [-0.4, -0.2) is 23.7 Å². The van der Waals surface area contributed by atoms with Gasteiger partial charge in [-0.2, -0.15) is 0 Å². The maximum atomic E-state index is 6.02. The molecule has 4 heteroatoms. The second-order valence-corrected chi connectivity index (χ2v) is 5.86. The van der Waals surface area contributed by atoms with E-state index in [4.69, 9.17) is 4.74 Å². The van der Waals surface area contributed by atoms with Gasteiger partial charge in [0.25, 0.3) is 0 Å².